The van der Waals surface area contributed by atoms with Crippen molar-refractivity contribution in [3.63, 3.8) is 0 Å². The molecule has 0 aliphatic carbocycles. The SMILES string of the molecule is CC(=O)c1cc[n+](Cc2ccccc2)cc1.Fc1c(F)c(F)c([B-](c2c(F)c(F)c(F)c(F)c2F)(c2c(F)c(F)c(F)c(F)c2F)c2c(F)c(F)c(F)c(F)c2F)c(F)c1F. The van der Waals surface area contributed by atoms with Crippen LogP contribution in [-0.2, 0) is 6.54 Å². The van der Waals surface area contributed by atoms with Gasteiger partial charge in [-0.2, -0.15) is 0 Å². The van der Waals surface area contributed by atoms with Crippen molar-refractivity contribution < 1.29 is 97.2 Å². The van der Waals surface area contributed by atoms with Crippen LogP contribution in [0, 0.1) is 116 Å². The molecular formula is C38H14BF20NO. The van der Waals surface area contributed by atoms with Crippen LogP contribution in [0.25, 0.3) is 0 Å². The maximum Gasteiger partial charge on any atom is 0.200 e. The van der Waals surface area contributed by atoms with E-state index in [1.807, 2.05) is 42.7 Å². The summed E-state index contributed by atoms with van der Waals surface area (Å²) in [6.45, 7) is 2.41. The quantitative estimate of drug-likeness (QED) is 0.0397. The van der Waals surface area contributed by atoms with E-state index in [9.17, 15) is 57.5 Å². The van der Waals surface area contributed by atoms with E-state index in [0.717, 1.165) is 12.1 Å². The average Bonchev–Trinajstić information content (AvgIpc) is 3.24. The van der Waals surface area contributed by atoms with E-state index in [4.69, 9.17) is 0 Å². The van der Waals surface area contributed by atoms with Crippen molar-refractivity contribution in [3.8, 4) is 0 Å². The topological polar surface area (TPSA) is 20.9 Å². The van der Waals surface area contributed by atoms with Crippen LogP contribution in [0.2, 0.25) is 0 Å². The van der Waals surface area contributed by atoms with Gasteiger partial charge in [0.05, 0.1) is 0 Å². The number of halogens is 20. The maximum atomic E-state index is 15.4. The molecule has 0 saturated carbocycles. The monoisotopic (exact) mass is 891 g/mol. The highest BCUT2D eigenvalue weighted by atomic mass is 19.2. The highest BCUT2D eigenvalue weighted by Gasteiger charge is 2.52. The van der Waals surface area contributed by atoms with Gasteiger partial charge in [0.15, 0.2) is 94.5 Å². The number of carbonyl (C=O) groups is 1. The van der Waals surface area contributed by atoms with Gasteiger partial charge in [-0.05, 0) is 6.92 Å². The number of nitrogens with zero attached hydrogens (tertiary/aromatic N) is 1. The zero-order valence-corrected chi connectivity index (χ0v) is 29.4. The second-order valence-electron chi connectivity index (χ2n) is 12.6. The molecule has 0 saturated heterocycles. The van der Waals surface area contributed by atoms with E-state index in [1.165, 1.54) is 5.56 Å². The Morgan fingerprint density at radius 3 is 0.836 bits per heavy atom. The van der Waals surface area contributed by atoms with Crippen molar-refractivity contribution in [1.82, 2.24) is 0 Å². The third-order valence-corrected chi connectivity index (χ3v) is 9.21. The van der Waals surface area contributed by atoms with Crippen LogP contribution in [0.1, 0.15) is 22.8 Å². The van der Waals surface area contributed by atoms with Gasteiger partial charge in [-0.25, -0.2) is 92.4 Å². The van der Waals surface area contributed by atoms with Crippen molar-refractivity contribution in [2.75, 3.05) is 0 Å². The molecule has 0 spiro atoms. The van der Waals surface area contributed by atoms with Gasteiger partial charge in [0.1, 0.15) is 52.7 Å². The molecule has 2 nitrogen and oxygen atoms in total. The lowest BCUT2D eigenvalue weighted by atomic mass is 9.12. The predicted molar refractivity (Wildman–Crippen MR) is 171 cm³/mol. The Hall–Kier alpha value is -6.42. The number of hydrogen-bond acceptors (Lipinski definition) is 1. The van der Waals surface area contributed by atoms with Crippen LogP contribution in [0.15, 0.2) is 54.9 Å². The first-order valence-electron chi connectivity index (χ1n) is 16.2. The first-order chi connectivity index (χ1) is 28.5. The third-order valence-electron chi connectivity index (χ3n) is 9.21. The summed E-state index contributed by atoms with van der Waals surface area (Å²) in [6, 6.07) is 13.9. The van der Waals surface area contributed by atoms with Crippen LogP contribution in [0.3, 0.4) is 0 Å². The molecule has 0 fully saturated rings. The zero-order chi connectivity index (χ0) is 45.7. The van der Waals surface area contributed by atoms with Crippen LogP contribution in [0.4, 0.5) is 87.8 Å². The second kappa shape index (κ2) is 16.9. The Labute approximate surface area is 326 Å². The van der Waals surface area contributed by atoms with Gasteiger partial charge in [0, 0.05) is 23.3 Å². The number of benzene rings is 5. The molecule has 23 heteroatoms. The number of hydrogen-bond donors (Lipinski definition) is 0. The molecule has 1 heterocycles. The van der Waals surface area contributed by atoms with Gasteiger partial charge in [0.25, 0.3) is 0 Å². The molecule has 6 rings (SSSR count). The molecule has 1 aromatic heterocycles. The minimum atomic E-state index is -7.22. The Kier molecular flexibility index (Phi) is 12.7. The Bertz CT molecular complexity index is 2360. The summed E-state index contributed by atoms with van der Waals surface area (Å²) in [4.78, 5) is 11.1. The van der Waals surface area contributed by atoms with E-state index in [1.54, 1.807) is 6.92 Å². The first-order valence-corrected chi connectivity index (χ1v) is 16.2. The molecule has 0 N–H and O–H groups in total. The molecule has 0 amide bonds. The zero-order valence-electron chi connectivity index (χ0n) is 29.4. The highest BCUT2D eigenvalue weighted by molar-refractivity contribution is 7.20. The van der Waals surface area contributed by atoms with Crippen molar-refractivity contribution in [3.05, 3.63) is 182 Å². The molecule has 0 radical (unpaired) electrons. The van der Waals surface area contributed by atoms with E-state index in [0.29, 0.717) is 0 Å². The van der Waals surface area contributed by atoms with Crippen molar-refractivity contribution in [2.24, 2.45) is 0 Å². The van der Waals surface area contributed by atoms with Crippen molar-refractivity contribution in [2.45, 2.75) is 13.5 Å². The largest absolute Gasteiger partial charge is 0.295 e. The molecule has 0 bridgehead atoms. The lowest BCUT2D eigenvalue weighted by molar-refractivity contribution is -0.688. The summed E-state index contributed by atoms with van der Waals surface area (Å²) < 4.78 is 296. The fourth-order valence-electron chi connectivity index (χ4n) is 6.47. The van der Waals surface area contributed by atoms with Gasteiger partial charge in [-0.3, -0.25) is 4.79 Å². The fraction of sp³-hybridized carbons (Fsp3) is 0.0526. The smallest absolute Gasteiger partial charge is 0.200 e. The summed E-state index contributed by atoms with van der Waals surface area (Å²) >= 11 is 0. The lowest BCUT2D eigenvalue weighted by Crippen LogP contribution is -2.81. The van der Waals surface area contributed by atoms with E-state index in [-0.39, 0.29) is 5.78 Å². The van der Waals surface area contributed by atoms with Crippen LogP contribution in [-0.4, -0.2) is 11.9 Å². The number of rotatable bonds is 7. The molecule has 61 heavy (non-hydrogen) atoms. The number of aromatic nitrogens is 1. The third kappa shape index (κ3) is 7.32. The van der Waals surface area contributed by atoms with Crippen LogP contribution in [0.5, 0.6) is 0 Å². The molecule has 0 atom stereocenters. The molecule has 6 aromatic rings. The van der Waals surface area contributed by atoms with E-state index < -0.39 is 144 Å². The molecule has 0 aliphatic heterocycles. The molecule has 0 aliphatic rings. The first kappa shape index (κ1) is 45.7. The molecule has 320 valence electrons. The van der Waals surface area contributed by atoms with E-state index >= 15 is 35.1 Å². The van der Waals surface area contributed by atoms with E-state index in [2.05, 4.69) is 16.7 Å². The number of ketones is 1. The number of pyridine rings is 1. The summed E-state index contributed by atoms with van der Waals surface area (Å²) in [7, 11) is 0. The minimum absolute atomic E-state index is 0.104. The number of carbonyl (C=O) groups excluding carboxylic acids is 1. The maximum absolute atomic E-state index is 15.4. The van der Waals surface area contributed by atoms with Gasteiger partial charge >= 0.3 is 0 Å². The van der Waals surface area contributed by atoms with Crippen molar-refractivity contribution in [1.29, 1.82) is 0 Å². The molecule has 0 unspecified atom stereocenters. The summed E-state index contributed by atoms with van der Waals surface area (Å²) in [5.74, 6) is -71.3. The molecular weight excluding hydrogens is 877 g/mol. The fourth-order valence-corrected chi connectivity index (χ4v) is 6.47. The van der Waals surface area contributed by atoms with Crippen LogP contribution < -0.4 is 26.4 Å². The predicted octanol–water partition coefficient (Wildman–Crippen LogP) is 8.07. The van der Waals surface area contributed by atoms with Gasteiger partial charge in [-0.15, -0.1) is 21.9 Å². The Balaban J connectivity index is 0.000000366. The van der Waals surface area contributed by atoms with Gasteiger partial charge < -0.3 is 0 Å². The lowest BCUT2D eigenvalue weighted by Gasteiger charge is -2.44. The van der Waals surface area contributed by atoms with Gasteiger partial charge in [0.2, 0.25) is 0 Å². The van der Waals surface area contributed by atoms with Crippen LogP contribution >= 0.6 is 0 Å². The average molecular weight is 891 g/mol. The molecule has 5 aromatic carbocycles. The minimum Gasteiger partial charge on any atom is -0.295 e. The standard InChI is InChI=1S/C24BF20.C14H14NO/c26-5-1(6(27)14(35)21(42)13(5)34)25(2-7(28)15(36)22(43)16(37)8(2)29,3-9(30)17(38)23(44)18(39)10(3)31)4-11(32)19(40)24(45)20(41)12(4)33;1-12(16)14-7-9-15(10-8-14)11-13-5-3-2-4-6-13/h;2-10H,11H2,1H3/q-1;+1. The number of Topliss-reactive ketones (excluding diaryl/α,β-unsaturated/α-hetero) is 1. The summed E-state index contributed by atoms with van der Waals surface area (Å²) in [5, 5.41) is 0. The van der Waals surface area contributed by atoms with Gasteiger partial charge in [-0.1, -0.05) is 30.3 Å². The normalized spacial score (nSPS) is 11.5. The Morgan fingerprint density at radius 2 is 0.607 bits per heavy atom. The summed E-state index contributed by atoms with van der Waals surface area (Å²) in [5.41, 5.74) is -12.3. The highest BCUT2D eigenvalue weighted by Crippen LogP contribution is 2.30. The summed E-state index contributed by atoms with van der Waals surface area (Å²) in [6.07, 6.45) is -3.35. The second-order valence-corrected chi connectivity index (χ2v) is 12.6. The Morgan fingerprint density at radius 1 is 0.377 bits per heavy atom. The van der Waals surface area contributed by atoms with Crippen molar-refractivity contribution >= 4 is 33.8 Å².